The molecule has 8 heteroatoms. The van der Waals surface area contributed by atoms with Crippen molar-refractivity contribution in [3.05, 3.63) is 49.5 Å². The number of piperazine rings is 1. The predicted octanol–water partition coefficient (Wildman–Crippen LogP) is 3.18. The van der Waals surface area contributed by atoms with Crippen LogP contribution in [0.15, 0.2) is 28.6 Å². The molecule has 5 rings (SSSR count). The van der Waals surface area contributed by atoms with E-state index in [2.05, 4.69) is 27.4 Å². The number of hydrogen-bond acceptors (Lipinski definition) is 6. The molecule has 31 heavy (non-hydrogen) atoms. The van der Waals surface area contributed by atoms with Crippen LogP contribution < -0.4 is 5.56 Å². The molecule has 0 radical (unpaired) electrons. The van der Waals surface area contributed by atoms with Crippen molar-refractivity contribution in [1.82, 2.24) is 19.4 Å². The van der Waals surface area contributed by atoms with Gasteiger partial charge in [-0.15, -0.1) is 22.7 Å². The molecular weight excluding hydrogens is 428 g/mol. The standard InChI is InChI=1S/C23H28N4O2S2/c28-20(26-13-11-25(12-14-26)9-7-17-4-3-15-30-17)8-10-27-16-24-22-21(23(27)29)18-5-1-2-6-19(18)31-22/h3-4,15-16H,1-2,5-14H2. The average Bonchev–Trinajstić information content (AvgIpc) is 3.45. The second-order valence-electron chi connectivity index (χ2n) is 8.44. The molecule has 1 aliphatic heterocycles. The molecule has 0 aromatic carbocycles. The first-order valence-corrected chi connectivity index (χ1v) is 12.9. The van der Waals surface area contributed by atoms with E-state index in [1.54, 1.807) is 22.2 Å². The summed E-state index contributed by atoms with van der Waals surface area (Å²) in [7, 11) is 0. The Kier molecular flexibility index (Phi) is 6.20. The SMILES string of the molecule is O=C(CCn1cnc2sc3c(c2c1=O)CCCC3)N1CCN(CCc2cccs2)CC1. The van der Waals surface area contributed by atoms with Gasteiger partial charge in [-0.1, -0.05) is 6.07 Å². The smallest absolute Gasteiger partial charge is 0.262 e. The first-order chi connectivity index (χ1) is 15.2. The molecule has 0 saturated carbocycles. The zero-order chi connectivity index (χ0) is 21.2. The van der Waals surface area contributed by atoms with E-state index in [0.717, 1.165) is 68.6 Å². The van der Waals surface area contributed by atoms with E-state index in [4.69, 9.17) is 0 Å². The van der Waals surface area contributed by atoms with Crippen LogP contribution in [0.5, 0.6) is 0 Å². The van der Waals surface area contributed by atoms with Crippen LogP contribution in [-0.4, -0.2) is 58.0 Å². The molecule has 164 valence electrons. The van der Waals surface area contributed by atoms with Crippen molar-refractivity contribution in [2.45, 2.75) is 45.1 Å². The number of carbonyl (C=O) groups is 1. The summed E-state index contributed by atoms with van der Waals surface area (Å²) in [5, 5.41) is 2.92. The van der Waals surface area contributed by atoms with E-state index in [0.29, 0.717) is 13.0 Å². The maximum atomic E-state index is 13.1. The van der Waals surface area contributed by atoms with Crippen molar-refractivity contribution in [3.63, 3.8) is 0 Å². The van der Waals surface area contributed by atoms with Crippen LogP contribution in [0, 0.1) is 0 Å². The van der Waals surface area contributed by atoms with E-state index in [-0.39, 0.29) is 11.5 Å². The van der Waals surface area contributed by atoms with E-state index in [1.165, 1.54) is 21.7 Å². The van der Waals surface area contributed by atoms with Crippen LogP contribution in [0.4, 0.5) is 0 Å². The van der Waals surface area contributed by atoms with Crippen molar-refractivity contribution >= 4 is 38.8 Å². The molecule has 0 unspecified atom stereocenters. The number of aryl methyl sites for hydroxylation is 3. The minimum Gasteiger partial charge on any atom is -0.340 e. The van der Waals surface area contributed by atoms with E-state index in [9.17, 15) is 9.59 Å². The van der Waals surface area contributed by atoms with Gasteiger partial charge in [0.15, 0.2) is 0 Å². The van der Waals surface area contributed by atoms with E-state index < -0.39 is 0 Å². The Balaban J connectivity index is 1.16. The van der Waals surface area contributed by atoms with E-state index in [1.807, 2.05) is 16.2 Å². The summed E-state index contributed by atoms with van der Waals surface area (Å²) in [6.07, 6.45) is 7.45. The van der Waals surface area contributed by atoms with E-state index >= 15 is 0 Å². The molecule has 1 amide bonds. The molecule has 1 saturated heterocycles. The van der Waals surface area contributed by atoms with Crippen molar-refractivity contribution < 1.29 is 4.79 Å². The van der Waals surface area contributed by atoms with Crippen molar-refractivity contribution in [2.24, 2.45) is 0 Å². The predicted molar refractivity (Wildman–Crippen MR) is 126 cm³/mol. The lowest BCUT2D eigenvalue weighted by molar-refractivity contribution is -0.133. The molecule has 0 atom stereocenters. The fourth-order valence-corrected chi connectivity index (χ4v) is 6.58. The fraction of sp³-hybridized carbons (Fsp3) is 0.522. The highest BCUT2D eigenvalue weighted by atomic mass is 32.1. The normalized spacial score (nSPS) is 17.2. The molecule has 6 nitrogen and oxygen atoms in total. The molecule has 4 heterocycles. The zero-order valence-electron chi connectivity index (χ0n) is 17.7. The van der Waals surface area contributed by atoms with Crippen LogP contribution >= 0.6 is 22.7 Å². The maximum Gasteiger partial charge on any atom is 0.262 e. The summed E-state index contributed by atoms with van der Waals surface area (Å²) in [6, 6.07) is 4.28. The number of fused-ring (bicyclic) bond motifs is 3. The van der Waals surface area contributed by atoms with Gasteiger partial charge in [0, 0.05) is 55.4 Å². The average molecular weight is 457 g/mol. The van der Waals surface area contributed by atoms with Crippen LogP contribution in [0.3, 0.4) is 0 Å². The van der Waals surface area contributed by atoms with Gasteiger partial charge in [-0.3, -0.25) is 19.1 Å². The second-order valence-corrected chi connectivity index (χ2v) is 10.6. The van der Waals surface area contributed by atoms with Crippen molar-refractivity contribution in [2.75, 3.05) is 32.7 Å². The molecular formula is C23H28N4O2S2. The highest BCUT2D eigenvalue weighted by molar-refractivity contribution is 7.18. The largest absolute Gasteiger partial charge is 0.340 e. The fourth-order valence-electron chi connectivity index (χ4n) is 4.66. The van der Waals surface area contributed by atoms with Gasteiger partial charge in [0.2, 0.25) is 5.91 Å². The topological polar surface area (TPSA) is 58.4 Å². The first kappa shape index (κ1) is 20.8. The van der Waals surface area contributed by atoms with Crippen LogP contribution in [-0.2, 0) is 30.6 Å². The van der Waals surface area contributed by atoms with Crippen LogP contribution in [0.25, 0.3) is 10.2 Å². The third kappa shape index (κ3) is 4.47. The number of nitrogens with zero attached hydrogens (tertiary/aromatic N) is 4. The summed E-state index contributed by atoms with van der Waals surface area (Å²) in [5.41, 5.74) is 1.23. The number of amides is 1. The number of thiophene rings is 2. The Morgan fingerprint density at radius 3 is 2.74 bits per heavy atom. The quantitative estimate of drug-likeness (QED) is 0.572. The molecule has 1 aliphatic carbocycles. The summed E-state index contributed by atoms with van der Waals surface area (Å²) in [6.45, 7) is 4.84. The Morgan fingerprint density at radius 1 is 1.10 bits per heavy atom. The molecule has 2 aliphatic rings. The first-order valence-electron chi connectivity index (χ1n) is 11.2. The lowest BCUT2D eigenvalue weighted by Gasteiger charge is -2.34. The maximum absolute atomic E-state index is 13.1. The number of hydrogen-bond donors (Lipinski definition) is 0. The lowest BCUT2D eigenvalue weighted by Crippen LogP contribution is -2.49. The van der Waals surface area contributed by atoms with Gasteiger partial charge in [-0.2, -0.15) is 0 Å². The number of carbonyl (C=O) groups excluding carboxylic acids is 1. The lowest BCUT2D eigenvalue weighted by atomic mass is 9.97. The molecule has 0 N–H and O–H groups in total. The minimum atomic E-state index is 0.0237. The molecule has 3 aromatic rings. The zero-order valence-corrected chi connectivity index (χ0v) is 19.3. The Bertz CT molecular complexity index is 1110. The molecule has 3 aromatic heterocycles. The summed E-state index contributed by atoms with van der Waals surface area (Å²) < 4.78 is 1.64. The van der Waals surface area contributed by atoms with Gasteiger partial charge in [0.1, 0.15) is 4.83 Å². The Labute approximate surface area is 190 Å². The van der Waals surface area contributed by atoms with Crippen molar-refractivity contribution in [1.29, 1.82) is 0 Å². The number of rotatable bonds is 6. The van der Waals surface area contributed by atoms with Gasteiger partial charge < -0.3 is 4.90 Å². The summed E-state index contributed by atoms with van der Waals surface area (Å²) in [5.74, 6) is 0.136. The van der Waals surface area contributed by atoms with Gasteiger partial charge in [0.25, 0.3) is 5.56 Å². The van der Waals surface area contributed by atoms with Crippen molar-refractivity contribution in [3.8, 4) is 0 Å². The van der Waals surface area contributed by atoms with Gasteiger partial charge in [0.05, 0.1) is 11.7 Å². The summed E-state index contributed by atoms with van der Waals surface area (Å²) in [4.78, 5) is 38.4. The second kappa shape index (κ2) is 9.22. The monoisotopic (exact) mass is 456 g/mol. The third-order valence-electron chi connectivity index (χ3n) is 6.49. The molecule has 0 bridgehead atoms. The van der Waals surface area contributed by atoms with Gasteiger partial charge in [-0.05, 0) is 49.1 Å². The Morgan fingerprint density at radius 2 is 1.94 bits per heavy atom. The van der Waals surface area contributed by atoms with Crippen LogP contribution in [0.1, 0.15) is 34.6 Å². The van der Waals surface area contributed by atoms with Gasteiger partial charge in [-0.25, -0.2) is 4.98 Å². The highest BCUT2D eigenvalue weighted by Gasteiger charge is 2.22. The highest BCUT2D eigenvalue weighted by Crippen LogP contribution is 2.33. The molecule has 1 fully saturated rings. The number of aromatic nitrogens is 2. The Hall–Kier alpha value is -2.03. The van der Waals surface area contributed by atoms with Crippen LogP contribution in [0.2, 0.25) is 0 Å². The molecule has 0 spiro atoms. The van der Waals surface area contributed by atoms with Gasteiger partial charge >= 0.3 is 0 Å². The summed E-state index contributed by atoms with van der Waals surface area (Å²) >= 11 is 3.48. The third-order valence-corrected chi connectivity index (χ3v) is 8.62. The minimum absolute atomic E-state index is 0.0237.